The van der Waals surface area contributed by atoms with E-state index < -0.39 is 0 Å². The summed E-state index contributed by atoms with van der Waals surface area (Å²) in [5.74, 6) is 0.0867. The van der Waals surface area contributed by atoms with E-state index in [2.05, 4.69) is 41.5 Å². The maximum absolute atomic E-state index is 13.9. The van der Waals surface area contributed by atoms with Crippen molar-refractivity contribution in [3.8, 4) is 5.75 Å². The zero-order valence-electron chi connectivity index (χ0n) is 12.4. The van der Waals surface area contributed by atoms with Crippen LogP contribution < -0.4 is 4.74 Å². The molecule has 0 heterocycles. The van der Waals surface area contributed by atoms with Crippen molar-refractivity contribution in [1.82, 2.24) is 0 Å². The van der Waals surface area contributed by atoms with Crippen LogP contribution in [0.15, 0.2) is 18.2 Å². The Kier molecular flexibility index (Phi) is 4.41. The summed E-state index contributed by atoms with van der Waals surface area (Å²) in [6, 6.07) is 5.28. The van der Waals surface area contributed by atoms with Crippen LogP contribution in [0.4, 0.5) is 4.39 Å². The summed E-state index contributed by atoms with van der Waals surface area (Å²) in [4.78, 5) is 0. The molecular weight excluding hydrogens is 227 g/mol. The lowest BCUT2D eigenvalue weighted by atomic mass is 9.88. The van der Waals surface area contributed by atoms with Crippen LogP contribution >= 0.6 is 0 Å². The predicted octanol–water partition coefficient (Wildman–Crippen LogP) is 4.84. The van der Waals surface area contributed by atoms with E-state index in [0.29, 0.717) is 12.4 Å². The van der Waals surface area contributed by atoms with Crippen LogP contribution in [0, 0.1) is 16.6 Å². The van der Waals surface area contributed by atoms with Crippen molar-refractivity contribution < 1.29 is 9.13 Å². The molecule has 1 nitrogen and oxygen atoms in total. The number of halogens is 1. The standard InChI is InChI=1S/C16H25FO/c1-15(2,3)10-12-7-8-14(13(17)9-12)18-11-16(4,5)6/h7-9H,10-11H2,1-6H3. The fraction of sp³-hybridized carbons (Fsp3) is 0.625. The first kappa shape index (κ1) is 15.0. The molecular formula is C16H25FO. The molecule has 0 aliphatic rings. The molecule has 2 heteroatoms. The molecule has 1 aromatic rings. The fourth-order valence-corrected chi connectivity index (χ4v) is 1.68. The van der Waals surface area contributed by atoms with Gasteiger partial charge in [0.25, 0.3) is 0 Å². The average molecular weight is 252 g/mol. The molecule has 0 N–H and O–H groups in total. The molecule has 0 bridgehead atoms. The summed E-state index contributed by atoms with van der Waals surface area (Å²) in [5.41, 5.74) is 1.22. The summed E-state index contributed by atoms with van der Waals surface area (Å²) in [6.45, 7) is 13.2. The van der Waals surface area contributed by atoms with Gasteiger partial charge in [-0.15, -0.1) is 0 Å². The van der Waals surface area contributed by atoms with Crippen molar-refractivity contribution in [1.29, 1.82) is 0 Å². The van der Waals surface area contributed by atoms with Gasteiger partial charge in [-0.1, -0.05) is 47.6 Å². The molecule has 0 amide bonds. The van der Waals surface area contributed by atoms with Gasteiger partial charge in [0.05, 0.1) is 6.61 Å². The Hall–Kier alpha value is -1.05. The molecule has 0 radical (unpaired) electrons. The van der Waals surface area contributed by atoms with Gasteiger partial charge >= 0.3 is 0 Å². The smallest absolute Gasteiger partial charge is 0.165 e. The summed E-state index contributed by atoms with van der Waals surface area (Å²) < 4.78 is 19.4. The van der Waals surface area contributed by atoms with Gasteiger partial charge in [-0.25, -0.2) is 4.39 Å². The summed E-state index contributed by atoms with van der Waals surface area (Å²) in [7, 11) is 0. The van der Waals surface area contributed by atoms with E-state index in [1.54, 1.807) is 12.1 Å². The zero-order chi connectivity index (χ0) is 14.0. The van der Waals surface area contributed by atoms with Crippen molar-refractivity contribution in [3.63, 3.8) is 0 Å². The molecule has 0 fully saturated rings. The molecule has 0 spiro atoms. The van der Waals surface area contributed by atoms with Gasteiger partial charge < -0.3 is 4.74 Å². The molecule has 1 rings (SSSR count). The third kappa shape index (κ3) is 5.52. The highest BCUT2D eigenvalue weighted by molar-refractivity contribution is 5.30. The van der Waals surface area contributed by atoms with E-state index in [1.807, 2.05) is 6.07 Å². The molecule has 0 aliphatic heterocycles. The van der Waals surface area contributed by atoms with Crippen LogP contribution in [0.5, 0.6) is 5.75 Å². The Morgan fingerprint density at radius 3 is 2.06 bits per heavy atom. The topological polar surface area (TPSA) is 9.23 Å². The van der Waals surface area contributed by atoms with Crippen LogP contribution in [0.1, 0.15) is 47.1 Å². The van der Waals surface area contributed by atoms with Gasteiger partial charge in [0, 0.05) is 0 Å². The van der Waals surface area contributed by atoms with Gasteiger partial charge in [0.2, 0.25) is 0 Å². The molecule has 18 heavy (non-hydrogen) atoms. The minimum atomic E-state index is -0.263. The Labute approximate surface area is 110 Å². The van der Waals surface area contributed by atoms with E-state index >= 15 is 0 Å². The van der Waals surface area contributed by atoms with E-state index in [4.69, 9.17) is 4.74 Å². The highest BCUT2D eigenvalue weighted by atomic mass is 19.1. The first-order chi connectivity index (χ1) is 8.07. The second-order valence-corrected chi connectivity index (χ2v) is 7.35. The van der Waals surface area contributed by atoms with Crippen LogP contribution in [0.3, 0.4) is 0 Å². The quantitative estimate of drug-likeness (QED) is 0.748. The predicted molar refractivity (Wildman–Crippen MR) is 74.5 cm³/mol. The van der Waals surface area contributed by atoms with E-state index in [9.17, 15) is 4.39 Å². The number of ether oxygens (including phenoxy) is 1. The monoisotopic (exact) mass is 252 g/mol. The van der Waals surface area contributed by atoms with Gasteiger partial charge in [-0.3, -0.25) is 0 Å². The third-order valence-electron chi connectivity index (χ3n) is 2.39. The molecule has 0 atom stereocenters. The number of hydrogen-bond acceptors (Lipinski definition) is 1. The lowest BCUT2D eigenvalue weighted by Gasteiger charge is -2.20. The molecule has 0 saturated heterocycles. The van der Waals surface area contributed by atoms with Gasteiger partial charge in [-0.05, 0) is 34.9 Å². The maximum atomic E-state index is 13.9. The first-order valence-electron chi connectivity index (χ1n) is 6.48. The van der Waals surface area contributed by atoms with Crippen LogP contribution in [0.25, 0.3) is 0 Å². The third-order valence-corrected chi connectivity index (χ3v) is 2.39. The van der Waals surface area contributed by atoms with Crippen molar-refractivity contribution in [3.05, 3.63) is 29.6 Å². The number of hydrogen-bond donors (Lipinski definition) is 0. The minimum absolute atomic E-state index is 0.0382. The molecule has 1 aromatic carbocycles. The second kappa shape index (κ2) is 5.29. The minimum Gasteiger partial charge on any atom is -0.490 e. The Morgan fingerprint density at radius 2 is 1.61 bits per heavy atom. The maximum Gasteiger partial charge on any atom is 0.165 e. The van der Waals surface area contributed by atoms with Crippen LogP contribution in [-0.4, -0.2) is 6.61 Å². The first-order valence-corrected chi connectivity index (χ1v) is 6.48. The summed E-state index contributed by atoms with van der Waals surface area (Å²) >= 11 is 0. The van der Waals surface area contributed by atoms with Crippen molar-refractivity contribution >= 4 is 0 Å². The van der Waals surface area contributed by atoms with Gasteiger partial charge in [0.15, 0.2) is 11.6 Å². The van der Waals surface area contributed by atoms with Gasteiger partial charge in [0.1, 0.15) is 0 Å². The van der Waals surface area contributed by atoms with Gasteiger partial charge in [-0.2, -0.15) is 0 Å². The largest absolute Gasteiger partial charge is 0.490 e. The SMILES string of the molecule is CC(C)(C)COc1ccc(CC(C)(C)C)cc1F. The average Bonchev–Trinajstić information content (AvgIpc) is 2.12. The lowest BCUT2D eigenvalue weighted by molar-refractivity contribution is 0.191. The second-order valence-electron chi connectivity index (χ2n) is 7.35. The molecule has 0 unspecified atom stereocenters. The van der Waals surface area contributed by atoms with E-state index in [0.717, 1.165) is 12.0 Å². The highest BCUT2D eigenvalue weighted by Crippen LogP contribution is 2.25. The van der Waals surface area contributed by atoms with Crippen molar-refractivity contribution in [2.24, 2.45) is 10.8 Å². The van der Waals surface area contributed by atoms with Crippen molar-refractivity contribution in [2.75, 3.05) is 6.61 Å². The number of benzene rings is 1. The number of rotatable bonds is 3. The van der Waals surface area contributed by atoms with E-state index in [1.165, 1.54) is 0 Å². The Morgan fingerprint density at radius 1 is 1.00 bits per heavy atom. The molecule has 0 saturated carbocycles. The summed E-state index contributed by atoms with van der Waals surface area (Å²) in [5, 5.41) is 0. The Balaban J connectivity index is 2.74. The zero-order valence-corrected chi connectivity index (χ0v) is 12.4. The van der Waals surface area contributed by atoms with E-state index in [-0.39, 0.29) is 16.6 Å². The highest BCUT2D eigenvalue weighted by Gasteiger charge is 2.15. The molecule has 102 valence electrons. The normalized spacial score (nSPS) is 12.6. The summed E-state index contributed by atoms with van der Waals surface area (Å²) in [6.07, 6.45) is 0.865. The van der Waals surface area contributed by atoms with Crippen LogP contribution in [0.2, 0.25) is 0 Å². The molecule has 0 aromatic heterocycles. The Bertz CT molecular complexity index is 397. The van der Waals surface area contributed by atoms with Crippen LogP contribution in [-0.2, 0) is 6.42 Å². The van der Waals surface area contributed by atoms with Crippen molar-refractivity contribution in [2.45, 2.75) is 48.0 Å². The molecule has 0 aliphatic carbocycles. The lowest BCUT2D eigenvalue weighted by Crippen LogP contribution is -2.17. The fourth-order valence-electron chi connectivity index (χ4n) is 1.68.